The molecule has 0 saturated carbocycles. The van der Waals surface area contributed by atoms with Crippen LogP contribution >= 0.6 is 0 Å². The SMILES string of the molecule is C[Si]1(C)O[Si]O[Si]O[Si](C)(C)O1. The molecule has 0 unspecified atom stereocenters. The van der Waals surface area contributed by atoms with Gasteiger partial charge in [-0.15, -0.1) is 0 Å². The van der Waals surface area contributed by atoms with Crippen molar-refractivity contribution >= 4 is 37.1 Å². The molecule has 1 aliphatic rings. The zero-order chi connectivity index (χ0) is 9.24. The van der Waals surface area contributed by atoms with Gasteiger partial charge in [-0.1, -0.05) is 0 Å². The predicted molar refractivity (Wildman–Crippen MR) is 50.8 cm³/mol. The van der Waals surface area contributed by atoms with Gasteiger partial charge in [0.05, 0.1) is 0 Å². The first kappa shape index (κ1) is 10.8. The Labute approximate surface area is 80.2 Å². The molecule has 0 aromatic rings. The Morgan fingerprint density at radius 1 is 0.833 bits per heavy atom. The van der Waals surface area contributed by atoms with Crippen LogP contribution < -0.4 is 0 Å². The smallest absolute Gasteiger partial charge is 0.412 e. The van der Waals surface area contributed by atoms with E-state index in [1.165, 1.54) is 0 Å². The van der Waals surface area contributed by atoms with Crippen molar-refractivity contribution in [1.82, 2.24) is 0 Å². The highest BCUT2D eigenvalue weighted by molar-refractivity contribution is 6.82. The summed E-state index contributed by atoms with van der Waals surface area (Å²) in [5.74, 6) is 0. The molecule has 1 fully saturated rings. The molecule has 0 aromatic heterocycles. The number of hydrogen-bond acceptors (Lipinski definition) is 4. The van der Waals surface area contributed by atoms with Crippen LogP contribution in [0.15, 0.2) is 0 Å². The fourth-order valence-electron chi connectivity index (χ4n) is 0.893. The van der Waals surface area contributed by atoms with Crippen LogP contribution in [0.2, 0.25) is 26.2 Å². The van der Waals surface area contributed by atoms with Gasteiger partial charge in [0.15, 0.2) is 0 Å². The molecule has 68 valence electrons. The molecule has 4 radical (unpaired) electrons. The van der Waals surface area contributed by atoms with Gasteiger partial charge in [0, 0.05) is 0 Å². The molecule has 4 nitrogen and oxygen atoms in total. The van der Waals surface area contributed by atoms with Gasteiger partial charge in [0.25, 0.3) is 0 Å². The van der Waals surface area contributed by atoms with Crippen LogP contribution in [0, 0.1) is 0 Å². The minimum Gasteiger partial charge on any atom is -0.416 e. The summed E-state index contributed by atoms with van der Waals surface area (Å²) in [6.45, 7) is 8.04. The van der Waals surface area contributed by atoms with Crippen LogP contribution in [-0.2, 0) is 16.5 Å². The Morgan fingerprint density at radius 2 is 1.25 bits per heavy atom. The van der Waals surface area contributed by atoms with Gasteiger partial charge in [-0.05, 0) is 26.2 Å². The fourth-order valence-corrected chi connectivity index (χ4v) is 9.54. The van der Waals surface area contributed by atoms with Crippen molar-refractivity contribution in [2.45, 2.75) is 26.2 Å². The summed E-state index contributed by atoms with van der Waals surface area (Å²) >= 11 is 0. The van der Waals surface area contributed by atoms with E-state index in [1.54, 1.807) is 0 Å². The van der Waals surface area contributed by atoms with E-state index in [2.05, 4.69) is 0 Å². The van der Waals surface area contributed by atoms with E-state index in [-0.39, 0.29) is 20.0 Å². The summed E-state index contributed by atoms with van der Waals surface area (Å²) in [5.41, 5.74) is 0. The molecule has 8 heteroatoms. The van der Waals surface area contributed by atoms with E-state index < -0.39 is 17.1 Å². The zero-order valence-electron chi connectivity index (χ0n) is 7.63. The van der Waals surface area contributed by atoms with Crippen LogP contribution in [0.4, 0.5) is 0 Å². The summed E-state index contributed by atoms with van der Waals surface area (Å²) in [6.07, 6.45) is 0. The van der Waals surface area contributed by atoms with Gasteiger partial charge in [0.2, 0.25) is 0 Å². The lowest BCUT2D eigenvalue weighted by Crippen LogP contribution is -2.52. The molecule has 0 aliphatic carbocycles. The highest BCUT2D eigenvalue weighted by Crippen LogP contribution is 2.17. The predicted octanol–water partition coefficient (Wildman–Crippen LogP) is 0.538. The van der Waals surface area contributed by atoms with Crippen molar-refractivity contribution in [2.75, 3.05) is 0 Å². The van der Waals surface area contributed by atoms with E-state index in [0.717, 1.165) is 0 Å². The number of rotatable bonds is 0. The van der Waals surface area contributed by atoms with E-state index in [0.29, 0.717) is 0 Å². The summed E-state index contributed by atoms with van der Waals surface area (Å²) in [6, 6.07) is 0. The molecular formula is C4H12O4Si4. The molecule has 1 rings (SSSR count). The molecule has 0 N–H and O–H groups in total. The maximum atomic E-state index is 5.83. The molecule has 0 amide bonds. The largest absolute Gasteiger partial charge is 0.416 e. The normalized spacial score (nSPS) is 29.0. The quantitative estimate of drug-likeness (QED) is 0.575. The molecule has 12 heavy (non-hydrogen) atoms. The Bertz CT molecular complexity index is 145. The second-order valence-electron chi connectivity index (χ2n) is 3.37. The minimum absolute atomic E-state index is 0.0640. The highest BCUT2D eigenvalue weighted by Gasteiger charge is 2.38. The Morgan fingerprint density at radius 3 is 1.67 bits per heavy atom. The van der Waals surface area contributed by atoms with Crippen molar-refractivity contribution in [2.24, 2.45) is 0 Å². The van der Waals surface area contributed by atoms with Crippen molar-refractivity contribution in [3.8, 4) is 0 Å². The molecule has 0 spiro atoms. The van der Waals surface area contributed by atoms with E-state index in [4.69, 9.17) is 16.5 Å². The Kier molecular flexibility index (Phi) is 3.45. The molecule has 1 heterocycles. The van der Waals surface area contributed by atoms with Gasteiger partial charge in [0.1, 0.15) is 0 Å². The van der Waals surface area contributed by atoms with Crippen molar-refractivity contribution in [1.29, 1.82) is 0 Å². The summed E-state index contributed by atoms with van der Waals surface area (Å²) in [5, 5.41) is 0. The lowest BCUT2D eigenvalue weighted by Gasteiger charge is -2.34. The molecule has 0 atom stereocenters. The van der Waals surface area contributed by atoms with E-state index in [1.807, 2.05) is 26.2 Å². The summed E-state index contributed by atoms with van der Waals surface area (Å²) in [7, 11) is -3.83. The van der Waals surface area contributed by atoms with Crippen LogP contribution in [0.3, 0.4) is 0 Å². The lowest BCUT2D eigenvalue weighted by atomic mass is 11.9. The third-order valence-corrected chi connectivity index (χ3v) is 10.3. The summed E-state index contributed by atoms with van der Waals surface area (Å²) in [4.78, 5) is 0. The van der Waals surface area contributed by atoms with Crippen LogP contribution in [0.1, 0.15) is 0 Å². The summed E-state index contributed by atoms with van der Waals surface area (Å²) < 4.78 is 22.0. The topological polar surface area (TPSA) is 36.9 Å². The number of hydrogen-bond donors (Lipinski definition) is 0. The first-order valence-corrected chi connectivity index (χ1v) is 10.9. The van der Waals surface area contributed by atoms with Gasteiger partial charge in [-0.3, -0.25) is 0 Å². The minimum atomic E-state index is -1.98. The van der Waals surface area contributed by atoms with Gasteiger partial charge in [-0.2, -0.15) is 0 Å². The highest BCUT2D eigenvalue weighted by atomic mass is 28.5. The van der Waals surface area contributed by atoms with Crippen molar-refractivity contribution < 1.29 is 16.5 Å². The average Bonchev–Trinajstić information content (AvgIpc) is 1.80. The van der Waals surface area contributed by atoms with E-state index >= 15 is 0 Å². The van der Waals surface area contributed by atoms with Crippen LogP contribution in [0.25, 0.3) is 0 Å². The van der Waals surface area contributed by atoms with Gasteiger partial charge < -0.3 is 16.5 Å². The monoisotopic (exact) mass is 236 g/mol. The maximum Gasteiger partial charge on any atom is 0.412 e. The maximum absolute atomic E-state index is 5.83. The standard InChI is InChI=1S/C4H12O4Si4/c1-11(2)6-9-5-10-7-12(3,4)8-11/h1-4H3. The molecule has 1 aliphatic heterocycles. The molecule has 0 bridgehead atoms. The molecule has 0 aromatic carbocycles. The second-order valence-corrected chi connectivity index (χ2v) is 12.6. The first-order chi connectivity index (χ1) is 5.41. The second kappa shape index (κ2) is 3.84. The van der Waals surface area contributed by atoms with E-state index in [9.17, 15) is 0 Å². The van der Waals surface area contributed by atoms with Crippen LogP contribution in [0.5, 0.6) is 0 Å². The third-order valence-electron chi connectivity index (χ3n) is 1.15. The zero-order valence-corrected chi connectivity index (χ0v) is 11.6. The fraction of sp³-hybridized carbons (Fsp3) is 1.00. The first-order valence-electron chi connectivity index (χ1n) is 3.63. The lowest BCUT2D eigenvalue weighted by molar-refractivity contribution is 0.286. The average molecular weight is 236 g/mol. The van der Waals surface area contributed by atoms with Gasteiger partial charge in [-0.25, -0.2) is 0 Å². The Balaban J connectivity index is 2.58. The van der Waals surface area contributed by atoms with Gasteiger partial charge >= 0.3 is 37.1 Å². The van der Waals surface area contributed by atoms with Crippen molar-refractivity contribution in [3.05, 3.63) is 0 Å². The van der Waals surface area contributed by atoms with Crippen LogP contribution in [-0.4, -0.2) is 37.1 Å². The molecule has 1 saturated heterocycles. The van der Waals surface area contributed by atoms with Crippen molar-refractivity contribution in [3.63, 3.8) is 0 Å². The molecular weight excluding hydrogens is 224 g/mol. The third kappa shape index (κ3) is 3.61. The Hall–Kier alpha value is 0.708.